The van der Waals surface area contributed by atoms with Crippen LogP contribution in [0.2, 0.25) is 10.0 Å². The third-order valence-electron chi connectivity index (χ3n) is 4.10. The number of hydrogen-bond donors (Lipinski definition) is 1. The lowest BCUT2D eigenvalue weighted by Gasteiger charge is -2.34. The van der Waals surface area contributed by atoms with E-state index in [0.717, 1.165) is 35.0 Å². The van der Waals surface area contributed by atoms with Crippen LogP contribution in [0.15, 0.2) is 18.2 Å². The summed E-state index contributed by atoms with van der Waals surface area (Å²) < 4.78 is 0.289. The highest BCUT2D eigenvalue weighted by molar-refractivity contribution is 8.00. The highest BCUT2D eigenvalue weighted by Crippen LogP contribution is 2.42. The molecule has 20 heavy (non-hydrogen) atoms. The minimum Gasteiger partial charge on any atom is -0.312 e. The van der Waals surface area contributed by atoms with Gasteiger partial charge in [-0.05, 0) is 62.6 Å². The van der Waals surface area contributed by atoms with Crippen LogP contribution in [-0.4, -0.2) is 23.1 Å². The van der Waals surface area contributed by atoms with E-state index in [0.29, 0.717) is 6.04 Å². The maximum absolute atomic E-state index is 6.34. The fraction of sp³-hybridized carbons (Fsp3) is 0.625. The van der Waals surface area contributed by atoms with Crippen LogP contribution in [0.5, 0.6) is 0 Å². The molecule has 1 saturated heterocycles. The molecule has 2 rings (SSSR count). The lowest BCUT2D eigenvalue weighted by atomic mass is 9.90. The molecule has 0 radical (unpaired) electrons. The molecule has 0 bridgehead atoms. The second-order valence-corrected chi connectivity index (χ2v) is 8.12. The predicted octanol–water partition coefficient (Wildman–Crippen LogP) is 5.19. The first-order valence-electron chi connectivity index (χ1n) is 7.37. The molecule has 1 aromatic carbocycles. The molecule has 0 saturated carbocycles. The van der Waals surface area contributed by atoms with Crippen LogP contribution in [0.25, 0.3) is 0 Å². The molecule has 1 aliphatic rings. The van der Waals surface area contributed by atoms with Gasteiger partial charge in [-0.25, -0.2) is 0 Å². The summed E-state index contributed by atoms with van der Waals surface area (Å²) in [6.07, 6.45) is 4.62. The van der Waals surface area contributed by atoms with E-state index in [9.17, 15) is 0 Å². The van der Waals surface area contributed by atoms with Gasteiger partial charge in [0.05, 0.1) is 0 Å². The van der Waals surface area contributed by atoms with Crippen molar-refractivity contribution in [3.63, 3.8) is 0 Å². The van der Waals surface area contributed by atoms with E-state index in [4.69, 9.17) is 23.2 Å². The molecule has 1 aliphatic heterocycles. The maximum Gasteiger partial charge on any atom is 0.0453 e. The highest BCUT2D eigenvalue weighted by Gasteiger charge is 2.37. The molecule has 0 amide bonds. The number of benzene rings is 1. The van der Waals surface area contributed by atoms with Gasteiger partial charge in [-0.1, -0.05) is 36.2 Å². The Kier molecular flexibility index (Phi) is 6.09. The van der Waals surface area contributed by atoms with E-state index in [1.807, 2.05) is 18.2 Å². The molecular weight excluding hydrogens is 309 g/mol. The monoisotopic (exact) mass is 331 g/mol. The third kappa shape index (κ3) is 3.85. The molecule has 1 heterocycles. The van der Waals surface area contributed by atoms with Crippen LogP contribution < -0.4 is 5.32 Å². The average molecular weight is 332 g/mol. The van der Waals surface area contributed by atoms with Gasteiger partial charge in [0, 0.05) is 20.8 Å². The van der Waals surface area contributed by atoms with Crippen LogP contribution in [0.1, 0.15) is 38.7 Å². The molecule has 4 heteroatoms. The van der Waals surface area contributed by atoms with Gasteiger partial charge >= 0.3 is 0 Å². The van der Waals surface area contributed by atoms with E-state index in [1.165, 1.54) is 18.6 Å². The van der Waals surface area contributed by atoms with E-state index in [1.54, 1.807) is 0 Å². The van der Waals surface area contributed by atoms with E-state index >= 15 is 0 Å². The Labute approximate surface area is 136 Å². The average Bonchev–Trinajstić information content (AvgIpc) is 2.85. The Bertz CT molecular complexity index is 424. The van der Waals surface area contributed by atoms with Crippen LogP contribution in [0, 0.1) is 0 Å². The smallest absolute Gasteiger partial charge is 0.0453 e. The largest absolute Gasteiger partial charge is 0.312 e. The summed E-state index contributed by atoms with van der Waals surface area (Å²) in [5.41, 5.74) is 1.08. The first kappa shape index (κ1) is 16.5. The van der Waals surface area contributed by atoms with Gasteiger partial charge in [0.15, 0.2) is 0 Å². The van der Waals surface area contributed by atoms with Gasteiger partial charge in [0.25, 0.3) is 0 Å². The van der Waals surface area contributed by atoms with E-state index in [-0.39, 0.29) is 4.75 Å². The van der Waals surface area contributed by atoms with E-state index < -0.39 is 0 Å². The number of hydrogen-bond acceptors (Lipinski definition) is 2. The SMILES string of the molecule is CCCNC(Cc1c(Cl)cccc1Cl)C1(C)CCCS1. The quantitative estimate of drug-likeness (QED) is 0.769. The molecule has 1 nitrogen and oxygen atoms in total. The molecule has 0 aliphatic carbocycles. The van der Waals surface area contributed by atoms with Crippen molar-refractivity contribution in [2.24, 2.45) is 0 Å². The fourth-order valence-electron chi connectivity index (χ4n) is 2.83. The Hall–Kier alpha value is 0.110. The maximum atomic E-state index is 6.34. The second-order valence-electron chi connectivity index (χ2n) is 5.68. The molecular formula is C16H23Cl2NS. The van der Waals surface area contributed by atoms with Crippen molar-refractivity contribution >= 4 is 35.0 Å². The number of rotatable bonds is 6. The molecule has 1 fully saturated rings. The summed E-state index contributed by atoms with van der Waals surface area (Å²) in [6, 6.07) is 6.20. The minimum absolute atomic E-state index is 0.289. The van der Waals surface area contributed by atoms with Gasteiger partial charge in [-0.3, -0.25) is 0 Å². The van der Waals surface area contributed by atoms with Crippen molar-refractivity contribution in [3.8, 4) is 0 Å². The lowest BCUT2D eigenvalue weighted by molar-refractivity contribution is 0.399. The van der Waals surface area contributed by atoms with Crippen LogP contribution >= 0.6 is 35.0 Å². The second kappa shape index (κ2) is 7.40. The molecule has 112 valence electrons. The number of halogens is 2. The molecule has 2 atom stereocenters. The summed E-state index contributed by atoms with van der Waals surface area (Å²) in [5.74, 6) is 1.26. The lowest BCUT2D eigenvalue weighted by Crippen LogP contribution is -2.47. The fourth-order valence-corrected chi connectivity index (χ4v) is 4.79. The standard InChI is InChI=1S/C16H23Cl2NS/c1-3-9-19-15(16(2)8-5-10-20-16)11-12-13(17)6-4-7-14(12)18/h4,6-7,15,19H,3,5,8-11H2,1-2H3. The van der Waals surface area contributed by atoms with Gasteiger partial charge in [-0.2, -0.15) is 11.8 Å². The Morgan fingerprint density at radius 1 is 1.35 bits per heavy atom. The van der Waals surface area contributed by atoms with Crippen LogP contribution in [-0.2, 0) is 6.42 Å². The van der Waals surface area contributed by atoms with Crippen molar-refractivity contribution in [1.29, 1.82) is 0 Å². The summed E-state index contributed by atoms with van der Waals surface area (Å²) >= 11 is 14.8. The molecule has 0 spiro atoms. The number of nitrogens with one attached hydrogen (secondary N) is 1. The van der Waals surface area contributed by atoms with Crippen LogP contribution in [0.4, 0.5) is 0 Å². The molecule has 1 aromatic rings. The van der Waals surface area contributed by atoms with Gasteiger partial charge < -0.3 is 5.32 Å². The van der Waals surface area contributed by atoms with Gasteiger partial charge in [0.1, 0.15) is 0 Å². The van der Waals surface area contributed by atoms with Crippen molar-refractivity contribution < 1.29 is 0 Å². The topological polar surface area (TPSA) is 12.0 Å². The van der Waals surface area contributed by atoms with Crippen molar-refractivity contribution in [3.05, 3.63) is 33.8 Å². The first-order chi connectivity index (χ1) is 9.57. The first-order valence-corrected chi connectivity index (χ1v) is 9.11. The van der Waals surface area contributed by atoms with Crippen molar-refractivity contribution in [2.75, 3.05) is 12.3 Å². The van der Waals surface area contributed by atoms with E-state index in [2.05, 4.69) is 30.9 Å². The zero-order chi connectivity index (χ0) is 14.6. The van der Waals surface area contributed by atoms with Crippen molar-refractivity contribution in [1.82, 2.24) is 5.32 Å². The Morgan fingerprint density at radius 3 is 2.60 bits per heavy atom. The van der Waals surface area contributed by atoms with Gasteiger partial charge in [0.2, 0.25) is 0 Å². The normalized spacial score (nSPS) is 24.0. The summed E-state index contributed by atoms with van der Waals surface area (Å²) in [4.78, 5) is 0. The minimum atomic E-state index is 0.289. The Balaban J connectivity index is 2.19. The Morgan fingerprint density at radius 2 is 2.05 bits per heavy atom. The summed E-state index contributed by atoms with van der Waals surface area (Å²) in [5, 5.41) is 5.29. The number of thioether (sulfide) groups is 1. The molecule has 1 N–H and O–H groups in total. The highest BCUT2D eigenvalue weighted by atomic mass is 35.5. The molecule has 2 unspecified atom stereocenters. The zero-order valence-corrected chi connectivity index (χ0v) is 14.5. The van der Waals surface area contributed by atoms with Gasteiger partial charge in [-0.15, -0.1) is 0 Å². The summed E-state index contributed by atoms with van der Waals surface area (Å²) in [7, 11) is 0. The zero-order valence-electron chi connectivity index (χ0n) is 12.2. The summed E-state index contributed by atoms with van der Waals surface area (Å²) in [6.45, 7) is 5.63. The van der Waals surface area contributed by atoms with Crippen LogP contribution in [0.3, 0.4) is 0 Å². The van der Waals surface area contributed by atoms with Crippen molar-refractivity contribution in [2.45, 2.75) is 50.3 Å². The third-order valence-corrected chi connectivity index (χ3v) is 6.45. The predicted molar refractivity (Wildman–Crippen MR) is 92.3 cm³/mol. The molecule has 0 aromatic heterocycles.